The van der Waals surface area contributed by atoms with Crippen molar-refractivity contribution in [3.8, 4) is 0 Å². The second-order valence-electron chi connectivity index (χ2n) is 18.8. The molecule has 0 saturated carbocycles. The van der Waals surface area contributed by atoms with E-state index in [2.05, 4.69) is 240 Å². The zero-order chi connectivity index (χ0) is 47.0. The molecule has 0 aliphatic rings. The van der Waals surface area contributed by atoms with Crippen molar-refractivity contribution in [2.24, 2.45) is 0 Å². The molecule has 0 spiro atoms. The van der Waals surface area contributed by atoms with Crippen LogP contribution in [0, 0.1) is 0 Å². The zero-order valence-electron chi connectivity index (χ0n) is 38.5. The molecule has 16 aromatic rings. The highest BCUT2D eigenvalue weighted by Crippen LogP contribution is 2.46. The van der Waals surface area contributed by atoms with Gasteiger partial charge < -0.3 is 27.5 Å². The fourth-order valence-electron chi connectivity index (χ4n) is 11.4. The second-order valence-corrected chi connectivity index (χ2v) is 18.8. The number of nitrogens with zero attached hydrogens (tertiary/aromatic N) is 2. The fourth-order valence-corrected chi connectivity index (χ4v) is 11.4. The molecule has 16 rings (SSSR count). The summed E-state index contributed by atoms with van der Waals surface area (Å²) < 4.78 is 26.4. The van der Waals surface area contributed by atoms with Crippen LogP contribution in [-0.2, 0) is 0 Å². The van der Waals surface area contributed by atoms with Gasteiger partial charge in [0, 0.05) is 89.3 Å². The molecule has 0 unspecified atom stereocenters. The lowest BCUT2D eigenvalue weighted by Gasteiger charge is -2.25. The third-order valence-electron chi connectivity index (χ3n) is 14.7. The predicted octanol–water partition coefficient (Wildman–Crippen LogP) is 19.7. The van der Waals surface area contributed by atoms with E-state index in [1.807, 2.05) is 0 Å². The van der Waals surface area contributed by atoms with E-state index in [0.29, 0.717) is 0 Å². The average Bonchev–Trinajstić information content (AvgIpc) is 4.20. The summed E-state index contributed by atoms with van der Waals surface area (Å²) in [6.45, 7) is 0. The summed E-state index contributed by atoms with van der Waals surface area (Å²) in [5.74, 6) is 0. The highest BCUT2D eigenvalue weighted by atomic mass is 16.3. The fraction of sp³-hybridized carbons (Fsp3) is 0. The molecule has 0 atom stereocenters. The smallest absolute Gasteiger partial charge is 0.137 e. The van der Waals surface area contributed by atoms with Gasteiger partial charge in [-0.1, -0.05) is 97.1 Å². The number of furan rings is 4. The Balaban J connectivity index is 0.795. The van der Waals surface area contributed by atoms with Crippen molar-refractivity contribution in [2.75, 3.05) is 9.80 Å². The van der Waals surface area contributed by atoms with Gasteiger partial charge in [0.05, 0.1) is 0 Å². The SMILES string of the molecule is c1ccc(N(c2ccc3c(c2)oc2cc4cc5c(cc4cc23)oc2cc(N(c3ccccc3)c3ccc4oc6ccc7ccccc7c6c4c3)ccc25)c2ccc3oc4ccc5ccccc5c4c3c2)cc1. The number of hydrogen-bond acceptors (Lipinski definition) is 6. The van der Waals surface area contributed by atoms with E-state index >= 15 is 0 Å². The van der Waals surface area contributed by atoms with Gasteiger partial charge in [0.1, 0.15) is 44.7 Å². The van der Waals surface area contributed by atoms with Gasteiger partial charge in [0.15, 0.2) is 0 Å². The lowest BCUT2D eigenvalue weighted by molar-refractivity contribution is 0.668. The molecule has 0 aliphatic heterocycles. The van der Waals surface area contributed by atoms with Crippen LogP contribution in [0.5, 0.6) is 0 Å². The summed E-state index contributed by atoms with van der Waals surface area (Å²) in [4.78, 5) is 4.58. The molecule has 12 aromatic carbocycles. The van der Waals surface area contributed by atoms with E-state index in [1.165, 1.54) is 21.5 Å². The van der Waals surface area contributed by atoms with E-state index in [9.17, 15) is 0 Å². The van der Waals surface area contributed by atoms with Gasteiger partial charge in [0.2, 0.25) is 0 Å². The molecule has 0 N–H and O–H groups in total. The highest BCUT2D eigenvalue weighted by molar-refractivity contribution is 6.21. The summed E-state index contributed by atoms with van der Waals surface area (Å²) >= 11 is 0. The maximum atomic E-state index is 6.78. The Morgan fingerprint density at radius 1 is 0.194 bits per heavy atom. The van der Waals surface area contributed by atoms with Crippen LogP contribution in [0.3, 0.4) is 0 Å². The topological polar surface area (TPSA) is 59.0 Å². The summed E-state index contributed by atoms with van der Waals surface area (Å²) in [6, 6.07) is 81.3. The molecule has 6 nitrogen and oxygen atoms in total. The molecule has 336 valence electrons. The maximum Gasteiger partial charge on any atom is 0.137 e. The molecular weight excluding hydrogens is 885 g/mol. The Morgan fingerprint density at radius 3 is 1.04 bits per heavy atom. The summed E-state index contributed by atoms with van der Waals surface area (Å²) in [6.07, 6.45) is 0. The number of para-hydroxylation sites is 2. The Labute approximate surface area is 410 Å². The van der Waals surface area contributed by atoms with Crippen molar-refractivity contribution in [1.29, 1.82) is 0 Å². The van der Waals surface area contributed by atoms with Crippen LogP contribution >= 0.6 is 0 Å². The molecule has 0 saturated heterocycles. The van der Waals surface area contributed by atoms with Crippen LogP contribution in [0.15, 0.2) is 248 Å². The van der Waals surface area contributed by atoms with Crippen molar-refractivity contribution in [2.45, 2.75) is 0 Å². The molecule has 72 heavy (non-hydrogen) atoms. The van der Waals surface area contributed by atoms with Crippen LogP contribution in [-0.4, -0.2) is 0 Å². The van der Waals surface area contributed by atoms with Crippen LogP contribution in [0.1, 0.15) is 0 Å². The predicted molar refractivity (Wildman–Crippen MR) is 297 cm³/mol. The zero-order valence-corrected chi connectivity index (χ0v) is 38.5. The van der Waals surface area contributed by atoms with Gasteiger partial charge in [-0.05, 0) is 154 Å². The number of fused-ring (bicyclic) bond motifs is 17. The first-order valence-corrected chi connectivity index (χ1v) is 24.3. The third-order valence-corrected chi connectivity index (χ3v) is 14.7. The minimum absolute atomic E-state index is 0.817. The summed E-state index contributed by atoms with van der Waals surface area (Å²) in [5, 5.41) is 15.5. The average molecular weight is 923 g/mol. The van der Waals surface area contributed by atoms with Gasteiger partial charge in [-0.3, -0.25) is 0 Å². The Morgan fingerprint density at radius 2 is 0.569 bits per heavy atom. The van der Waals surface area contributed by atoms with Crippen molar-refractivity contribution in [1.82, 2.24) is 0 Å². The van der Waals surface area contributed by atoms with Crippen LogP contribution < -0.4 is 9.80 Å². The Kier molecular flexibility index (Phi) is 8.07. The van der Waals surface area contributed by atoms with Crippen LogP contribution in [0.25, 0.3) is 120 Å². The molecule has 0 aliphatic carbocycles. The lowest BCUT2D eigenvalue weighted by Crippen LogP contribution is -2.09. The molecule has 4 heterocycles. The molecule has 0 fully saturated rings. The van der Waals surface area contributed by atoms with E-state index in [4.69, 9.17) is 17.7 Å². The molecule has 0 bridgehead atoms. The highest BCUT2D eigenvalue weighted by Gasteiger charge is 2.21. The summed E-state index contributed by atoms with van der Waals surface area (Å²) in [7, 11) is 0. The van der Waals surface area contributed by atoms with Gasteiger partial charge in [0.25, 0.3) is 0 Å². The first kappa shape index (κ1) is 39.1. The molecule has 6 heteroatoms. The Bertz CT molecular complexity index is 4580. The molecular formula is C66H38N2O4. The van der Waals surface area contributed by atoms with Gasteiger partial charge in [-0.25, -0.2) is 0 Å². The number of hydrogen-bond donors (Lipinski definition) is 0. The van der Waals surface area contributed by atoms with Crippen molar-refractivity contribution in [3.63, 3.8) is 0 Å². The minimum atomic E-state index is 0.817. The van der Waals surface area contributed by atoms with Crippen molar-refractivity contribution in [3.05, 3.63) is 231 Å². The Hall–Kier alpha value is -9.78. The maximum absolute atomic E-state index is 6.78. The van der Waals surface area contributed by atoms with E-state index in [0.717, 1.165) is 133 Å². The van der Waals surface area contributed by atoms with Gasteiger partial charge >= 0.3 is 0 Å². The monoisotopic (exact) mass is 922 g/mol. The number of anilines is 6. The quantitative estimate of drug-likeness (QED) is 0.166. The minimum Gasteiger partial charge on any atom is -0.456 e. The van der Waals surface area contributed by atoms with E-state index in [-0.39, 0.29) is 0 Å². The van der Waals surface area contributed by atoms with Crippen molar-refractivity contribution < 1.29 is 17.7 Å². The van der Waals surface area contributed by atoms with Gasteiger partial charge in [-0.15, -0.1) is 0 Å². The van der Waals surface area contributed by atoms with Crippen molar-refractivity contribution >= 4 is 154 Å². The first-order valence-electron chi connectivity index (χ1n) is 24.3. The molecule has 4 aromatic heterocycles. The third kappa shape index (κ3) is 5.84. The molecule has 0 radical (unpaired) electrons. The van der Waals surface area contributed by atoms with Crippen LogP contribution in [0.4, 0.5) is 34.1 Å². The number of rotatable bonds is 6. The number of benzene rings is 12. The van der Waals surface area contributed by atoms with E-state index in [1.54, 1.807) is 0 Å². The van der Waals surface area contributed by atoms with Gasteiger partial charge in [-0.2, -0.15) is 0 Å². The first-order chi connectivity index (χ1) is 35.6. The molecule has 0 amide bonds. The van der Waals surface area contributed by atoms with E-state index < -0.39 is 0 Å². The standard InChI is InChI=1S/C66H38N2O4/c1-3-13-43(14-4-1)67(45-23-29-57-55(35-45)65-49-17-9-7-11-39(49)19-27-59(65)69-57)47-21-25-51-53-31-41-34-62-54(32-42(41)33-61(53)71-63(51)37-47)52-26-22-48(38-64(52)72-62)68(44-15-5-2-6-16-44)46-24-30-58-56(36-46)66-50-18-10-8-12-40(50)20-28-60(66)70-58/h1-38H. The largest absolute Gasteiger partial charge is 0.456 e. The second kappa shape index (κ2) is 14.9. The lowest BCUT2D eigenvalue weighted by atomic mass is 10.0. The normalized spacial score (nSPS) is 12.2. The summed E-state index contributed by atoms with van der Waals surface area (Å²) in [5.41, 5.74) is 12.9. The van der Waals surface area contributed by atoms with Crippen LogP contribution in [0.2, 0.25) is 0 Å².